The molecule has 11 heteroatoms. The number of aliphatic hydroxyl groups is 1. The molecular formula is C23H40N2O8S. The summed E-state index contributed by atoms with van der Waals surface area (Å²) in [5.41, 5.74) is -0.631. The smallest absolute Gasteiger partial charge is 0.410 e. The first kappa shape index (κ1) is 30.1. The summed E-state index contributed by atoms with van der Waals surface area (Å²) in [6.45, 7) is 9.09. The second-order valence-electron chi connectivity index (χ2n) is 9.33. The fourth-order valence-electron chi connectivity index (χ4n) is 3.62. The van der Waals surface area contributed by atoms with Gasteiger partial charge in [-0.05, 0) is 46.1 Å². The molecule has 1 rings (SSSR count). The van der Waals surface area contributed by atoms with Gasteiger partial charge in [-0.3, -0.25) is 4.79 Å². The molecule has 0 spiro atoms. The van der Waals surface area contributed by atoms with E-state index in [4.69, 9.17) is 14.2 Å². The zero-order valence-corrected chi connectivity index (χ0v) is 21.9. The molecule has 196 valence electrons. The summed E-state index contributed by atoms with van der Waals surface area (Å²) in [7, 11) is 1.60. The van der Waals surface area contributed by atoms with Gasteiger partial charge in [0.25, 0.3) is 0 Å². The highest BCUT2D eigenvalue weighted by molar-refractivity contribution is 7.81. The highest BCUT2D eigenvalue weighted by Gasteiger charge is 2.40. The van der Waals surface area contributed by atoms with Crippen LogP contribution >= 0.6 is 12.6 Å². The SMILES string of the molecule is CCCC(C)(S)OCCC(C)(C)N(C)C(=O)O[C@H](CCO)[C@@H]1OC(C(=O)O)=CC[C@H]1NC(C)=O. The lowest BCUT2D eigenvalue weighted by atomic mass is 9.97. The number of hydrogen-bond acceptors (Lipinski definition) is 8. The van der Waals surface area contributed by atoms with Crippen molar-refractivity contribution >= 4 is 30.6 Å². The maximum atomic E-state index is 13.0. The van der Waals surface area contributed by atoms with Crippen LogP contribution in [-0.4, -0.2) is 82.1 Å². The molecule has 0 bridgehead atoms. The summed E-state index contributed by atoms with van der Waals surface area (Å²) in [5.74, 6) is -1.89. The van der Waals surface area contributed by atoms with Crippen molar-refractivity contribution in [1.29, 1.82) is 0 Å². The van der Waals surface area contributed by atoms with E-state index in [1.165, 1.54) is 17.9 Å². The van der Waals surface area contributed by atoms with Gasteiger partial charge in [-0.1, -0.05) is 13.3 Å². The topological polar surface area (TPSA) is 135 Å². The Balaban J connectivity index is 2.92. The molecule has 0 saturated heterocycles. The number of carbonyl (C=O) groups excluding carboxylic acids is 2. The lowest BCUT2D eigenvalue weighted by Crippen LogP contribution is -2.54. The maximum Gasteiger partial charge on any atom is 0.410 e. The second-order valence-corrected chi connectivity index (χ2v) is 10.3. The third-order valence-corrected chi connectivity index (χ3v) is 6.22. The van der Waals surface area contributed by atoms with Crippen LogP contribution in [0.15, 0.2) is 11.8 Å². The Morgan fingerprint density at radius 1 is 1.32 bits per heavy atom. The molecule has 0 aromatic heterocycles. The van der Waals surface area contributed by atoms with E-state index in [1.54, 1.807) is 7.05 Å². The summed E-state index contributed by atoms with van der Waals surface area (Å²) in [6, 6.07) is -0.622. The molecule has 1 heterocycles. The van der Waals surface area contributed by atoms with Gasteiger partial charge in [0.05, 0.1) is 12.6 Å². The minimum atomic E-state index is -1.27. The number of carboxylic acids is 1. The number of aliphatic carboxylic acids is 1. The molecule has 0 radical (unpaired) electrons. The highest BCUT2D eigenvalue weighted by Crippen LogP contribution is 2.27. The average molecular weight is 505 g/mol. The summed E-state index contributed by atoms with van der Waals surface area (Å²) in [4.78, 5) is 37.0. The highest BCUT2D eigenvalue weighted by atomic mass is 32.1. The van der Waals surface area contributed by atoms with Crippen LogP contribution in [0.1, 0.15) is 66.7 Å². The summed E-state index contributed by atoms with van der Waals surface area (Å²) in [6.07, 6.45) is 1.17. The first-order valence-corrected chi connectivity index (χ1v) is 12.0. The Morgan fingerprint density at radius 3 is 2.50 bits per heavy atom. The van der Waals surface area contributed by atoms with Crippen molar-refractivity contribution in [1.82, 2.24) is 10.2 Å². The zero-order chi connectivity index (χ0) is 26.1. The van der Waals surface area contributed by atoms with Gasteiger partial charge in [0.15, 0.2) is 6.10 Å². The van der Waals surface area contributed by atoms with E-state index in [-0.39, 0.29) is 31.1 Å². The summed E-state index contributed by atoms with van der Waals surface area (Å²) < 4.78 is 17.1. The monoisotopic (exact) mass is 504 g/mol. The molecular weight excluding hydrogens is 464 g/mol. The molecule has 1 aliphatic heterocycles. The molecule has 1 aliphatic rings. The van der Waals surface area contributed by atoms with Crippen molar-refractivity contribution in [3.8, 4) is 0 Å². The van der Waals surface area contributed by atoms with Crippen molar-refractivity contribution in [3.63, 3.8) is 0 Å². The number of nitrogens with one attached hydrogen (secondary N) is 1. The van der Waals surface area contributed by atoms with Gasteiger partial charge in [0.2, 0.25) is 11.7 Å². The third kappa shape index (κ3) is 9.34. The van der Waals surface area contributed by atoms with E-state index < -0.39 is 40.8 Å². The first-order chi connectivity index (χ1) is 15.7. The molecule has 0 saturated carbocycles. The minimum Gasteiger partial charge on any atom is -0.477 e. The van der Waals surface area contributed by atoms with E-state index in [0.717, 1.165) is 12.8 Å². The fourth-order valence-corrected chi connectivity index (χ4v) is 3.93. The summed E-state index contributed by atoms with van der Waals surface area (Å²) >= 11 is 4.53. The van der Waals surface area contributed by atoms with Gasteiger partial charge in [0, 0.05) is 32.5 Å². The molecule has 4 atom stereocenters. The van der Waals surface area contributed by atoms with Crippen LogP contribution in [0.4, 0.5) is 4.79 Å². The van der Waals surface area contributed by atoms with Crippen LogP contribution in [-0.2, 0) is 23.8 Å². The molecule has 0 aromatic carbocycles. The number of aliphatic hydroxyl groups excluding tert-OH is 1. The van der Waals surface area contributed by atoms with Gasteiger partial charge in [0.1, 0.15) is 11.0 Å². The summed E-state index contributed by atoms with van der Waals surface area (Å²) in [5, 5.41) is 21.6. The van der Waals surface area contributed by atoms with Crippen LogP contribution in [0.3, 0.4) is 0 Å². The molecule has 0 fully saturated rings. The molecule has 34 heavy (non-hydrogen) atoms. The molecule has 1 unspecified atom stereocenters. The standard InChI is InChI=1S/C23H40N2O8S/c1-7-11-23(5,34)31-14-12-22(3,4)25(6)21(30)33-17(10-13-26)19-16(24-15(2)27)8-9-18(32-19)20(28)29/h9,16-17,19,26,34H,7-8,10-14H2,1-6H3,(H,24,27)(H,28,29)/t16-,17-,19-,23?/m1/s1. The van der Waals surface area contributed by atoms with E-state index in [1.807, 2.05) is 20.8 Å². The number of carboxylic acid groups (broad SMARTS) is 1. The van der Waals surface area contributed by atoms with Gasteiger partial charge in [-0.25, -0.2) is 9.59 Å². The molecule has 0 aromatic rings. The zero-order valence-electron chi connectivity index (χ0n) is 21.0. The Labute approximate surface area is 207 Å². The Bertz CT molecular complexity index is 740. The normalized spacial score (nSPS) is 20.9. The van der Waals surface area contributed by atoms with E-state index in [0.29, 0.717) is 13.0 Å². The number of nitrogens with zero attached hydrogens (tertiary/aromatic N) is 1. The van der Waals surface area contributed by atoms with Gasteiger partial charge in [-0.2, -0.15) is 0 Å². The number of rotatable bonds is 13. The number of carbonyl (C=O) groups is 3. The Kier molecular flexibility index (Phi) is 11.7. The van der Waals surface area contributed by atoms with Crippen molar-refractivity contribution in [3.05, 3.63) is 11.8 Å². The van der Waals surface area contributed by atoms with Gasteiger partial charge < -0.3 is 34.6 Å². The molecule has 0 aliphatic carbocycles. The predicted octanol–water partition coefficient (Wildman–Crippen LogP) is 2.70. The van der Waals surface area contributed by atoms with E-state index >= 15 is 0 Å². The number of ether oxygens (including phenoxy) is 3. The van der Waals surface area contributed by atoms with Crippen LogP contribution in [0.2, 0.25) is 0 Å². The van der Waals surface area contributed by atoms with E-state index in [9.17, 15) is 24.6 Å². The molecule has 3 N–H and O–H groups in total. The average Bonchev–Trinajstić information content (AvgIpc) is 2.72. The van der Waals surface area contributed by atoms with Crippen LogP contribution < -0.4 is 5.32 Å². The van der Waals surface area contributed by atoms with Gasteiger partial charge >= 0.3 is 12.1 Å². The lowest BCUT2D eigenvalue weighted by Gasteiger charge is -2.39. The maximum absolute atomic E-state index is 13.0. The second kappa shape index (κ2) is 13.2. The van der Waals surface area contributed by atoms with Crippen LogP contribution in [0.5, 0.6) is 0 Å². The number of thiol groups is 1. The van der Waals surface area contributed by atoms with Crippen molar-refractivity contribution < 1.29 is 38.8 Å². The third-order valence-electron chi connectivity index (χ3n) is 5.87. The van der Waals surface area contributed by atoms with Crippen molar-refractivity contribution in [2.45, 2.75) is 95.4 Å². The Hall–Kier alpha value is -1.98. The first-order valence-electron chi connectivity index (χ1n) is 11.5. The van der Waals surface area contributed by atoms with Crippen molar-refractivity contribution in [2.75, 3.05) is 20.3 Å². The van der Waals surface area contributed by atoms with E-state index in [2.05, 4.69) is 24.9 Å². The fraction of sp³-hybridized carbons (Fsp3) is 0.783. The number of amides is 2. The van der Waals surface area contributed by atoms with Crippen LogP contribution in [0, 0.1) is 0 Å². The van der Waals surface area contributed by atoms with Crippen molar-refractivity contribution in [2.24, 2.45) is 0 Å². The lowest BCUT2D eigenvalue weighted by molar-refractivity contribution is -0.141. The largest absolute Gasteiger partial charge is 0.477 e. The quantitative estimate of drug-likeness (QED) is 0.222. The molecule has 2 amide bonds. The number of hydrogen-bond donors (Lipinski definition) is 4. The molecule has 10 nitrogen and oxygen atoms in total. The Morgan fingerprint density at radius 2 is 1.97 bits per heavy atom. The van der Waals surface area contributed by atoms with Crippen LogP contribution in [0.25, 0.3) is 0 Å². The minimum absolute atomic E-state index is 0.00575. The predicted molar refractivity (Wildman–Crippen MR) is 129 cm³/mol. The van der Waals surface area contributed by atoms with Gasteiger partial charge in [-0.15, -0.1) is 12.6 Å².